The molecular formula is C10H6FNO3. The molecule has 0 aliphatic rings. The molecule has 5 heteroatoms. The molecule has 0 amide bonds. The minimum Gasteiger partial charge on any atom is -0.465 e. The zero-order valence-electron chi connectivity index (χ0n) is 7.78. The Morgan fingerprint density at radius 2 is 2.27 bits per heavy atom. The predicted molar refractivity (Wildman–Crippen MR) is 47.8 cm³/mol. The highest BCUT2D eigenvalue weighted by Crippen LogP contribution is 2.15. The number of aldehydes is 1. The average Bonchev–Trinajstić information content (AvgIpc) is 2.28. The van der Waals surface area contributed by atoms with E-state index in [9.17, 15) is 14.0 Å². The lowest BCUT2D eigenvalue weighted by Crippen LogP contribution is -2.07. The summed E-state index contributed by atoms with van der Waals surface area (Å²) in [6.45, 7) is 0. The van der Waals surface area contributed by atoms with Crippen molar-refractivity contribution in [3.63, 3.8) is 0 Å². The van der Waals surface area contributed by atoms with Gasteiger partial charge in [-0.1, -0.05) is 0 Å². The lowest BCUT2D eigenvalue weighted by molar-refractivity contribution is 0.0595. The molecule has 0 heterocycles. The molecule has 0 aromatic heterocycles. The zero-order chi connectivity index (χ0) is 11.4. The van der Waals surface area contributed by atoms with Crippen molar-refractivity contribution in [3.8, 4) is 6.07 Å². The number of esters is 1. The number of hydrogen-bond acceptors (Lipinski definition) is 4. The highest BCUT2D eigenvalue weighted by molar-refractivity contribution is 5.92. The van der Waals surface area contributed by atoms with E-state index in [1.165, 1.54) is 0 Å². The summed E-state index contributed by atoms with van der Waals surface area (Å²) in [5, 5.41) is 8.59. The molecule has 0 spiro atoms. The molecule has 0 aliphatic carbocycles. The maximum absolute atomic E-state index is 13.4. The number of benzene rings is 1. The Bertz CT molecular complexity index is 462. The van der Waals surface area contributed by atoms with E-state index in [4.69, 9.17) is 5.26 Å². The summed E-state index contributed by atoms with van der Waals surface area (Å²) in [5.74, 6) is -1.90. The standard InChI is InChI=1S/C10H6FNO3/c1-15-10(14)8-3-6(4-12)2-7(5-13)9(8)11/h2-3,5H,1H3. The van der Waals surface area contributed by atoms with Crippen LogP contribution in [0.25, 0.3) is 0 Å². The van der Waals surface area contributed by atoms with E-state index in [2.05, 4.69) is 4.74 Å². The summed E-state index contributed by atoms with van der Waals surface area (Å²) >= 11 is 0. The highest BCUT2D eigenvalue weighted by atomic mass is 19.1. The van der Waals surface area contributed by atoms with E-state index < -0.39 is 17.3 Å². The van der Waals surface area contributed by atoms with E-state index in [-0.39, 0.29) is 17.4 Å². The molecule has 0 bridgehead atoms. The van der Waals surface area contributed by atoms with Gasteiger partial charge in [0, 0.05) is 0 Å². The molecule has 0 saturated carbocycles. The largest absolute Gasteiger partial charge is 0.465 e. The van der Waals surface area contributed by atoms with Crippen LogP contribution in [0.1, 0.15) is 26.3 Å². The summed E-state index contributed by atoms with van der Waals surface area (Å²) in [5.41, 5.74) is -0.730. The summed E-state index contributed by atoms with van der Waals surface area (Å²) in [4.78, 5) is 21.5. The number of ether oxygens (including phenoxy) is 1. The molecule has 1 rings (SSSR count). The molecular weight excluding hydrogens is 201 g/mol. The van der Waals surface area contributed by atoms with Crippen LogP contribution in [0.2, 0.25) is 0 Å². The van der Waals surface area contributed by atoms with Crippen LogP contribution in [-0.2, 0) is 4.74 Å². The third kappa shape index (κ3) is 1.99. The number of carbonyl (C=O) groups is 2. The monoisotopic (exact) mass is 207 g/mol. The van der Waals surface area contributed by atoms with Gasteiger partial charge in [-0.05, 0) is 12.1 Å². The summed E-state index contributed by atoms with van der Waals surface area (Å²) < 4.78 is 17.7. The Kier molecular flexibility index (Phi) is 3.13. The Morgan fingerprint density at radius 3 is 2.73 bits per heavy atom. The first-order chi connectivity index (χ1) is 7.13. The third-order valence-electron chi connectivity index (χ3n) is 1.76. The van der Waals surface area contributed by atoms with Crippen LogP contribution in [0.5, 0.6) is 0 Å². The molecule has 15 heavy (non-hydrogen) atoms. The van der Waals surface area contributed by atoms with E-state index in [1.807, 2.05) is 0 Å². The van der Waals surface area contributed by atoms with Gasteiger partial charge >= 0.3 is 5.97 Å². The molecule has 0 atom stereocenters. The smallest absolute Gasteiger partial charge is 0.340 e. The lowest BCUT2D eigenvalue weighted by atomic mass is 10.1. The van der Waals surface area contributed by atoms with Gasteiger partial charge in [0.1, 0.15) is 5.82 Å². The minimum atomic E-state index is -0.976. The van der Waals surface area contributed by atoms with Crippen LogP contribution < -0.4 is 0 Å². The van der Waals surface area contributed by atoms with Gasteiger partial charge in [-0.25, -0.2) is 9.18 Å². The molecule has 0 saturated heterocycles. The minimum absolute atomic E-state index is 0.0268. The van der Waals surface area contributed by atoms with Crippen molar-refractivity contribution in [2.24, 2.45) is 0 Å². The summed E-state index contributed by atoms with van der Waals surface area (Å²) in [7, 11) is 1.08. The van der Waals surface area contributed by atoms with Crippen molar-refractivity contribution in [2.45, 2.75) is 0 Å². The number of nitrogens with zero attached hydrogens (tertiary/aromatic N) is 1. The van der Waals surface area contributed by atoms with Crippen molar-refractivity contribution in [3.05, 3.63) is 34.6 Å². The van der Waals surface area contributed by atoms with Gasteiger partial charge in [0.2, 0.25) is 0 Å². The Balaban J connectivity index is 3.45. The van der Waals surface area contributed by atoms with Crippen LogP contribution >= 0.6 is 0 Å². The lowest BCUT2D eigenvalue weighted by Gasteiger charge is -2.03. The van der Waals surface area contributed by atoms with Gasteiger partial charge in [-0.3, -0.25) is 4.79 Å². The number of nitriles is 1. The molecule has 76 valence electrons. The van der Waals surface area contributed by atoms with Gasteiger partial charge in [0.25, 0.3) is 0 Å². The van der Waals surface area contributed by atoms with Gasteiger partial charge < -0.3 is 4.74 Å². The van der Waals surface area contributed by atoms with Crippen molar-refractivity contribution >= 4 is 12.3 Å². The Morgan fingerprint density at radius 1 is 1.60 bits per heavy atom. The highest BCUT2D eigenvalue weighted by Gasteiger charge is 2.17. The van der Waals surface area contributed by atoms with E-state index in [0.717, 1.165) is 19.2 Å². The maximum atomic E-state index is 13.4. The SMILES string of the molecule is COC(=O)c1cc(C#N)cc(C=O)c1F. The molecule has 0 N–H and O–H groups in total. The van der Waals surface area contributed by atoms with Gasteiger partial charge in [-0.15, -0.1) is 0 Å². The number of hydrogen-bond donors (Lipinski definition) is 0. The van der Waals surface area contributed by atoms with E-state index >= 15 is 0 Å². The summed E-state index contributed by atoms with van der Waals surface area (Å²) in [6.07, 6.45) is 0.239. The van der Waals surface area contributed by atoms with E-state index in [0.29, 0.717) is 0 Å². The maximum Gasteiger partial charge on any atom is 0.340 e. The molecule has 4 nitrogen and oxygen atoms in total. The molecule has 0 radical (unpaired) electrons. The molecule has 1 aromatic rings. The predicted octanol–water partition coefficient (Wildman–Crippen LogP) is 1.30. The third-order valence-corrected chi connectivity index (χ3v) is 1.76. The molecule has 0 fully saturated rings. The number of rotatable bonds is 2. The quantitative estimate of drug-likeness (QED) is 0.541. The summed E-state index contributed by atoms with van der Waals surface area (Å²) in [6, 6.07) is 3.82. The molecule has 1 aromatic carbocycles. The fourth-order valence-electron chi connectivity index (χ4n) is 1.06. The first-order valence-electron chi connectivity index (χ1n) is 3.91. The number of carbonyl (C=O) groups excluding carboxylic acids is 2. The second kappa shape index (κ2) is 4.33. The van der Waals surface area contributed by atoms with E-state index in [1.54, 1.807) is 6.07 Å². The van der Waals surface area contributed by atoms with Crippen molar-refractivity contribution < 1.29 is 18.7 Å². The second-order valence-electron chi connectivity index (χ2n) is 2.65. The first kappa shape index (κ1) is 10.9. The zero-order valence-corrected chi connectivity index (χ0v) is 7.78. The molecule has 0 unspecified atom stereocenters. The van der Waals surface area contributed by atoms with Gasteiger partial charge in [0.15, 0.2) is 6.29 Å². The van der Waals surface area contributed by atoms with Gasteiger partial charge in [0.05, 0.1) is 29.9 Å². The number of halogens is 1. The van der Waals surface area contributed by atoms with Crippen LogP contribution in [0.3, 0.4) is 0 Å². The van der Waals surface area contributed by atoms with Crippen LogP contribution in [0.15, 0.2) is 12.1 Å². The molecule has 0 aliphatic heterocycles. The van der Waals surface area contributed by atoms with Crippen molar-refractivity contribution in [1.29, 1.82) is 5.26 Å². The van der Waals surface area contributed by atoms with Gasteiger partial charge in [-0.2, -0.15) is 5.26 Å². The average molecular weight is 207 g/mol. The van der Waals surface area contributed by atoms with Crippen LogP contribution in [0, 0.1) is 17.1 Å². The fourth-order valence-corrected chi connectivity index (χ4v) is 1.06. The fraction of sp³-hybridized carbons (Fsp3) is 0.100. The normalized spacial score (nSPS) is 9.13. The Labute approximate surface area is 84.9 Å². The first-order valence-corrected chi connectivity index (χ1v) is 3.91. The second-order valence-corrected chi connectivity index (χ2v) is 2.65. The Hall–Kier alpha value is -2.22. The number of methoxy groups -OCH3 is 1. The van der Waals surface area contributed by atoms with Crippen LogP contribution in [0.4, 0.5) is 4.39 Å². The van der Waals surface area contributed by atoms with Crippen LogP contribution in [-0.4, -0.2) is 19.4 Å². The van der Waals surface area contributed by atoms with Crippen molar-refractivity contribution in [1.82, 2.24) is 0 Å². The van der Waals surface area contributed by atoms with Crippen molar-refractivity contribution in [2.75, 3.05) is 7.11 Å². The topological polar surface area (TPSA) is 67.2 Å².